The van der Waals surface area contributed by atoms with Crippen LogP contribution < -0.4 is 5.32 Å². The number of hydrogen-bond donors (Lipinski definition) is 2. The summed E-state index contributed by atoms with van der Waals surface area (Å²) in [5, 5.41) is 12.5. The van der Waals surface area contributed by atoms with Crippen LogP contribution in [0.5, 0.6) is 0 Å². The Hall–Kier alpha value is -0.120. The number of aliphatic hydroxyl groups is 1. The summed E-state index contributed by atoms with van der Waals surface area (Å²) in [4.78, 5) is 0. The summed E-state index contributed by atoms with van der Waals surface area (Å²) in [5.41, 5.74) is 0.0373. The molecule has 0 amide bonds. The first-order valence-electron chi connectivity index (χ1n) is 4.62. The molecule has 0 spiro atoms. The fraction of sp³-hybridized carbons (Fsp3) is 1.00. The molecule has 3 nitrogen and oxygen atoms in total. The number of rotatable bonds is 5. The van der Waals surface area contributed by atoms with Gasteiger partial charge in [-0.25, -0.2) is 0 Å². The number of ether oxygens (including phenoxy) is 1. The normalized spacial score (nSPS) is 23.2. The maximum atomic E-state index is 9.12. The Morgan fingerprint density at radius 2 is 2.25 bits per heavy atom. The number of hydrogen-bond acceptors (Lipinski definition) is 3. The van der Waals surface area contributed by atoms with E-state index in [1.54, 1.807) is 0 Å². The van der Waals surface area contributed by atoms with Crippen LogP contribution in [0.3, 0.4) is 0 Å². The molecule has 0 aliphatic carbocycles. The lowest BCUT2D eigenvalue weighted by atomic mass is 9.88. The van der Waals surface area contributed by atoms with Gasteiger partial charge in [-0.1, -0.05) is 13.8 Å². The van der Waals surface area contributed by atoms with Crippen LogP contribution in [0.15, 0.2) is 0 Å². The second kappa shape index (κ2) is 4.21. The summed E-state index contributed by atoms with van der Waals surface area (Å²) >= 11 is 0. The Morgan fingerprint density at radius 3 is 2.58 bits per heavy atom. The Balaban J connectivity index is 2.17. The number of aliphatic hydroxyl groups excluding tert-OH is 1. The van der Waals surface area contributed by atoms with Crippen LogP contribution in [-0.4, -0.2) is 37.5 Å². The van der Waals surface area contributed by atoms with Gasteiger partial charge in [-0.3, -0.25) is 0 Å². The third-order valence-electron chi connectivity index (χ3n) is 2.69. The molecule has 0 radical (unpaired) electrons. The zero-order valence-corrected chi connectivity index (χ0v) is 7.97. The molecular weight excluding hydrogens is 154 g/mol. The topological polar surface area (TPSA) is 41.5 Å². The molecule has 0 aromatic carbocycles. The molecule has 1 fully saturated rings. The van der Waals surface area contributed by atoms with Crippen molar-refractivity contribution in [2.24, 2.45) is 5.41 Å². The first-order chi connectivity index (χ1) is 5.70. The summed E-state index contributed by atoms with van der Waals surface area (Å²) < 4.78 is 5.04. The highest BCUT2D eigenvalue weighted by molar-refractivity contribution is 4.80. The van der Waals surface area contributed by atoms with Crippen LogP contribution in [0.4, 0.5) is 0 Å². The van der Waals surface area contributed by atoms with Crippen LogP contribution in [-0.2, 0) is 4.74 Å². The van der Waals surface area contributed by atoms with Gasteiger partial charge in [-0.2, -0.15) is 0 Å². The van der Waals surface area contributed by atoms with Gasteiger partial charge in [0.25, 0.3) is 0 Å². The minimum atomic E-state index is 0.0373. The van der Waals surface area contributed by atoms with Crippen LogP contribution in [0.1, 0.15) is 20.3 Å². The van der Waals surface area contributed by atoms with Gasteiger partial charge in [0.1, 0.15) is 0 Å². The second-order valence-corrected chi connectivity index (χ2v) is 3.94. The smallest absolute Gasteiger partial charge is 0.0643 e. The van der Waals surface area contributed by atoms with Gasteiger partial charge in [-0.05, 0) is 6.42 Å². The lowest BCUT2D eigenvalue weighted by molar-refractivity contribution is -0.0120. The molecule has 0 saturated carbocycles. The maximum Gasteiger partial charge on any atom is 0.0643 e. The second-order valence-electron chi connectivity index (χ2n) is 3.94. The van der Waals surface area contributed by atoms with E-state index >= 15 is 0 Å². The lowest BCUT2D eigenvalue weighted by Crippen LogP contribution is -2.49. The molecule has 1 atom stereocenters. The zero-order valence-electron chi connectivity index (χ0n) is 7.97. The van der Waals surface area contributed by atoms with Crippen LogP contribution in [0, 0.1) is 5.41 Å². The van der Waals surface area contributed by atoms with E-state index in [9.17, 15) is 0 Å². The third kappa shape index (κ3) is 2.44. The summed E-state index contributed by atoms with van der Waals surface area (Å²) in [6.07, 6.45) is 1.00. The van der Waals surface area contributed by atoms with Gasteiger partial charge in [0.2, 0.25) is 0 Å². The Kier molecular flexibility index (Phi) is 3.50. The minimum absolute atomic E-state index is 0.0373. The largest absolute Gasteiger partial charge is 0.396 e. The van der Waals surface area contributed by atoms with Crippen molar-refractivity contribution in [1.82, 2.24) is 5.32 Å². The summed E-state index contributed by atoms with van der Waals surface area (Å²) in [5.74, 6) is 0. The summed E-state index contributed by atoms with van der Waals surface area (Å²) in [6.45, 7) is 6.99. The van der Waals surface area contributed by atoms with E-state index in [4.69, 9.17) is 9.84 Å². The van der Waals surface area contributed by atoms with Crippen molar-refractivity contribution in [1.29, 1.82) is 0 Å². The molecule has 0 aromatic heterocycles. The zero-order chi connectivity index (χ0) is 9.03. The van der Waals surface area contributed by atoms with Gasteiger partial charge in [0.15, 0.2) is 0 Å². The maximum absolute atomic E-state index is 9.12. The third-order valence-corrected chi connectivity index (χ3v) is 2.69. The Labute approximate surface area is 74.1 Å². The molecule has 72 valence electrons. The van der Waals surface area contributed by atoms with Crippen LogP contribution in [0.2, 0.25) is 0 Å². The molecule has 3 heteroatoms. The molecular formula is C9H19NO2. The highest BCUT2D eigenvalue weighted by Crippen LogP contribution is 2.19. The Bertz CT molecular complexity index is 130. The van der Waals surface area contributed by atoms with E-state index in [1.165, 1.54) is 0 Å². The quantitative estimate of drug-likeness (QED) is 0.631. The number of nitrogens with one attached hydrogen (secondary N) is 1. The fourth-order valence-electron chi connectivity index (χ4n) is 1.04. The molecule has 1 unspecified atom stereocenters. The van der Waals surface area contributed by atoms with Crippen molar-refractivity contribution in [3.8, 4) is 0 Å². The first kappa shape index (κ1) is 9.96. The van der Waals surface area contributed by atoms with Crippen LogP contribution >= 0.6 is 0 Å². The highest BCUT2D eigenvalue weighted by atomic mass is 16.5. The minimum Gasteiger partial charge on any atom is -0.396 e. The van der Waals surface area contributed by atoms with E-state index in [-0.39, 0.29) is 12.0 Å². The van der Waals surface area contributed by atoms with Gasteiger partial charge in [0.05, 0.1) is 19.3 Å². The fourth-order valence-corrected chi connectivity index (χ4v) is 1.04. The predicted octanol–water partition coefficient (Wildman–Crippen LogP) is 0.383. The van der Waals surface area contributed by atoms with Crippen molar-refractivity contribution < 1.29 is 9.84 Å². The molecule has 2 N–H and O–H groups in total. The molecule has 1 aliphatic rings. The highest BCUT2D eigenvalue weighted by Gasteiger charge is 2.24. The summed E-state index contributed by atoms with van der Waals surface area (Å²) in [6, 6.07) is 0.516. The van der Waals surface area contributed by atoms with E-state index in [1.807, 2.05) is 0 Å². The predicted molar refractivity (Wildman–Crippen MR) is 48.1 cm³/mol. The molecule has 0 bridgehead atoms. The lowest BCUT2D eigenvalue weighted by Gasteiger charge is -2.32. The molecule has 1 aliphatic heterocycles. The Morgan fingerprint density at radius 1 is 1.58 bits per heavy atom. The molecule has 1 heterocycles. The van der Waals surface area contributed by atoms with E-state index in [0.717, 1.165) is 26.2 Å². The SMILES string of the molecule is CCC(C)(CO)CNC1COC1. The van der Waals surface area contributed by atoms with Gasteiger partial charge in [-0.15, -0.1) is 0 Å². The average Bonchev–Trinajstić information content (AvgIpc) is 2.01. The van der Waals surface area contributed by atoms with Gasteiger partial charge >= 0.3 is 0 Å². The van der Waals surface area contributed by atoms with E-state index in [2.05, 4.69) is 19.2 Å². The molecule has 12 heavy (non-hydrogen) atoms. The van der Waals surface area contributed by atoms with Crippen molar-refractivity contribution in [3.05, 3.63) is 0 Å². The van der Waals surface area contributed by atoms with Gasteiger partial charge < -0.3 is 15.2 Å². The summed E-state index contributed by atoms with van der Waals surface area (Å²) in [7, 11) is 0. The average molecular weight is 173 g/mol. The van der Waals surface area contributed by atoms with Crippen LogP contribution in [0.25, 0.3) is 0 Å². The molecule has 1 saturated heterocycles. The van der Waals surface area contributed by atoms with E-state index in [0.29, 0.717) is 6.04 Å². The molecule has 0 aromatic rings. The van der Waals surface area contributed by atoms with Crippen molar-refractivity contribution in [2.75, 3.05) is 26.4 Å². The van der Waals surface area contributed by atoms with Crippen molar-refractivity contribution >= 4 is 0 Å². The van der Waals surface area contributed by atoms with Gasteiger partial charge in [0, 0.05) is 18.6 Å². The first-order valence-corrected chi connectivity index (χ1v) is 4.62. The van der Waals surface area contributed by atoms with E-state index < -0.39 is 0 Å². The molecule has 1 rings (SSSR count). The monoisotopic (exact) mass is 173 g/mol. The van der Waals surface area contributed by atoms with Crippen molar-refractivity contribution in [2.45, 2.75) is 26.3 Å². The van der Waals surface area contributed by atoms with Crippen molar-refractivity contribution in [3.63, 3.8) is 0 Å². The standard InChI is InChI=1S/C9H19NO2/c1-3-9(2,7-11)6-10-8-4-12-5-8/h8,10-11H,3-7H2,1-2H3.